The van der Waals surface area contributed by atoms with Crippen molar-refractivity contribution < 1.29 is 113 Å². The van der Waals surface area contributed by atoms with Gasteiger partial charge in [-0.1, -0.05) is 83.1 Å². The summed E-state index contributed by atoms with van der Waals surface area (Å²) in [6.07, 6.45) is -4.25. The number of aromatic nitrogens is 8. The molecule has 0 aliphatic carbocycles. The minimum absolute atomic E-state index is 0.0119. The Morgan fingerprint density at radius 2 is 0.669 bits per heavy atom. The molecule has 4 saturated heterocycles. The van der Waals surface area contributed by atoms with Crippen molar-refractivity contribution in [2.24, 2.45) is 21.7 Å². The van der Waals surface area contributed by atoms with Gasteiger partial charge < -0.3 is 92.3 Å². The molecule has 0 bridgehead atoms. The number of rotatable bonds is 35. The number of aromatic amines is 2. The van der Waals surface area contributed by atoms with Crippen LogP contribution in [0.3, 0.4) is 0 Å². The third-order valence-electron chi connectivity index (χ3n) is 18.9. The third-order valence-corrected chi connectivity index (χ3v) is 23.2. The van der Waals surface area contributed by atoms with Crippen LogP contribution >= 0.6 is 22.4 Å². The summed E-state index contributed by atoms with van der Waals surface area (Å²) < 4.78 is 140. The van der Waals surface area contributed by atoms with E-state index < -0.39 is 159 Å². The fourth-order valence-electron chi connectivity index (χ4n) is 14.1. The van der Waals surface area contributed by atoms with Crippen LogP contribution in [0.5, 0.6) is 0 Å². The Labute approximate surface area is 750 Å². The minimum Gasteiger partial charge on any atom is -0.383 e. The monoisotopic (exact) mass is 1890 g/mol. The smallest absolute Gasteiger partial charge is 0.383 e. The Bertz CT molecular complexity index is 4690. The van der Waals surface area contributed by atoms with Crippen LogP contribution in [0.2, 0.25) is 0 Å². The zero-order valence-electron chi connectivity index (χ0n) is 80.1. The van der Waals surface area contributed by atoms with E-state index in [-0.39, 0.29) is 84.6 Å². The SMILES string of the molecule is COCCOC1[C@@H](OC(C)(C)C)[C@@H](CC(C)(C)C)O[C@H]1n1cc(C)c(=O)[nH]c1=O.COCCOC1[C@@H](OP(=O)(O)OC(C)(C)C)[C@@H](CC(C)(C)C)O[C@H]1n1cc(C)c(=O)[nH]c1=O.COCCOC1[C@@H](OP(=O)(O)OC(C)(C)C)[C@@H](CC(C)(C)C)O[C@H]1n1cc(C)c(N)nc1=O.COCCOC1[C@@H](OP(O)(=S)OC(C)C)[C@@H](CC(C)(C)C)O[C@H]1n1cc(C)c(N)nc1=O. The third kappa shape index (κ3) is 36.7. The van der Waals surface area contributed by atoms with E-state index in [0.29, 0.717) is 61.3 Å². The molecule has 0 saturated carbocycles. The van der Waals surface area contributed by atoms with Crippen molar-refractivity contribution >= 4 is 45.8 Å². The molecule has 9 N–H and O–H groups in total. The number of hydrogen-bond acceptors (Lipinski definition) is 32. The van der Waals surface area contributed by atoms with Crippen molar-refractivity contribution in [3.63, 3.8) is 0 Å². The molecule has 4 fully saturated rings. The number of nitrogens with one attached hydrogen (secondary N) is 2. The van der Waals surface area contributed by atoms with Crippen molar-refractivity contribution in [2.45, 2.75) is 334 Å². The van der Waals surface area contributed by atoms with Gasteiger partial charge >= 0.3 is 45.1 Å². The first kappa shape index (κ1) is 112. The predicted molar refractivity (Wildman–Crippen MR) is 479 cm³/mol. The summed E-state index contributed by atoms with van der Waals surface area (Å²) in [5.41, 5.74) is 7.25. The van der Waals surface area contributed by atoms with Gasteiger partial charge in [-0.05, 0) is 163 Å². The molecule has 0 spiro atoms. The fourth-order valence-corrected chi connectivity index (χ4v) is 18.6. The van der Waals surface area contributed by atoms with Crippen molar-refractivity contribution in [3.8, 4) is 0 Å². The maximum Gasteiger partial charge on any atom is 0.473 e. The highest BCUT2D eigenvalue weighted by molar-refractivity contribution is 8.07. The first-order valence-electron chi connectivity index (χ1n) is 42.3. The molecule has 7 unspecified atom stereocenters. The lowest BCUT2D eigenvalue weighted by molar-refractivity contribution is -0.134. The Kier molecular flexibility index (Phi) is 41.4. The largest absolute Gasteiger partial charge is 0.473 e. The van der Waals surface area contributed by atoms with Crippen molar-refractivity contribution in [2.75, 3.05) is 92.8 Å². The van der Waals surface area contributed by atoms with Crippen molar-refractivity contribution in [3.05, 3.63) is 110 Å². The Morgan fingerprint density at radius 1 is 0.409 bits per heavy atom. The van der Waals surface area contributed by atoms with E-state index >= 15 is 0 Å². The lowest BCUT2D eigenvalue weighted by Gasteiger charge is -2.33. The molecule has 127 heavy (non-hydrogen) atoms. The average molecular weight is 1890 g/mol. The van der Waals surface area contributed by atoms with E-state index in [4.69, 9.17) is 112 Å². The summed E-state index contributed by atoms with van der Waals surface area (Å²) in [6, 6.07) is 0. The number of methoxy groups -OCH3 is 4. The lowest BCUT2D eigenvalue weighted by Crippen LogP contribution is -2.44. The summed E-state index contributed by atoms with van der Waals surface area (Å²) in [6.45, 7) is 49.0. The quantitative estimate of drug-likeness (QED) is 0.0166. The standard InChI is InChI=1S/C21H38N3O8P.C21H37N2O9P.C21H36N2O6.C20H36N3O7PS/c1-13-12-24(19(25)23-17(13)22)18-16(29-10-9-28-8)15(14(30-18)11-20(2,3)4)31-33(26,27)32-21(5,6)7;1-13-12-23(19(25)22-17(13)24)18-16(29-10-9-28-8)15(14(30-18)11-20(2,3)4)31-33(26,27)32-21(5,6)7;1-13-12-23(19(25)22-17(13)24)18-16(27-10-9-26-8)15(29-21(5,6)7)14(28-18)11-20(2,3)4;1-12(2)29-31(25,32)30-15-14(10-20(4,5)6)28-18(16(15)27-9-8-26-7)23-11-13(3)17(21)22-19(23)24/h12,14-16,18H,9-11H2,1-8H3,(H,26,27)(H2,22,23,25);12,14-16,18H,9-11H2,1-8H3,(H,26,27)(H,22,24,25);12,14-16,18H,9-11H2,1-8H3,(H,22,24,25);11-12,14-16,18H,8-10H2,1-7H3,(H,25,32)(H2,21,22,24)/t3*14-,15+,16?,18-;14-,15+,16?,18-,31?/m1111/s1. The van der Waals surface area contributed by atoms with Crippen LogP contribution in [-0.2, 0) is 110 Å². The van der Waals surface area contributed by atoms with Crippen LogP contribution in [0.1, 0.15) is 232 Å². The van der Waals surface area contributed by atoms with Gasteiger partial charge in [-0.2, -0.15) is 9.97 Å². The van der Waals surface area contributed by atoms with Crippen LogP contribution in [0.25, 0.3) is 0 Å². The molecule has 4 aliphatic heterocycles. The van der Waals surface area contributed by atoms with E-state index in [1.807, 2.05) is 62.3 Å². The number of ether oxygens (including phenoxy) is 13. The lowest BCUT2D eigenvalue weighted by atomic mass is 9.87. The molecule has 730 valence electrons. The van der Waals surface area contributed by atoms with Gasteiger partial charge in [0, 0.05) is 75.5 Å². The van der Waals surface area contributed by atoms with Crippen LogP contribution in [-0.4, -0.2) is 230 Å². The number of anilines is 2. The van der Waals surface area contributed by atoms with Gasteiger partial charge in [0.25, 0.3) is 11.1 Å². The highest BCUT2D eigenvalue weighted by atomic mass is 32.5. The number of nitrogens with zero attached hydrogens (tertiary/aromatic N) is 6. The molecule has 19 atom stereocenters. The Morgan fingerprint density at radius 3 is 0.929 bits per heavy atom. The summed E-state index contributed by atoms with van der Waals surface area (Å²) in [5.74, 6) is 0.264. The number of nitrogens with two attached hydrogens (primary N) is 2. The van der Waals surface area contributed by atoms with Crippen LogP contribution in [0.15, 0.2) is 53.6 Å². The van der Waals surface area contributed by atoms with Gasteiger partial charge in [0.2, 0.25) is 0 Å². The predicted octanol–water partition coefficient (Wildman–Crippen LogP) is 10.2. The molecule has 40 nitrogen and oxygen atoms in total. The van der Waals surface area contributed by atoms with Crippen molar-refractivity contribution in [1.29, 1.82) is 0 Å². The number of phosphoric ester groups is 2. The molecular weight excluding hydrogens is 1740 g/mol. The fraction of sp³-hybridized carbons (Fsp3) is 0.807. The van der Waals surface area contributed by atoms with Gasteiger partial charge in [-0.15, -0.1) is 0 Å². The number of aryl methyl sites for hydroxylation is 4. The van der Waals surface area contributed by atoms with Gasteiger partial charge in [0.15, 0.2) is 24.9 Å². The first-order valence-corrected chi connectivity index (χ1v) is 47.9. The molecule has 0 amide bonds. The molecule has 4 aromatic rings. The molecule has 44 heteroatoms. The van der Waals surface area contributed by atoms with Crippen LogP contribution < -0.4 is 45.3 Å². The molecule has 4 aromatic heterocycles. The van der Waals surface area contributed by atoms with Crippen molar-refractivity contribution in [1.82, 2.24) is 38.2 Å². The Balaban J connectivity index is 0.000000301. The highest BCUT2D eigenvalue weighted by Gasteiger charge is 2.56. The average Bonchev–Trinajstić information content (AvgIpc) is 1.64. The van der Waals surface area contributed by atoms with Gasteiger partial charge in [0.05, 0.1) is 100 Å². The van der Waals surface area contributed by atoms with E-state index in [2.05, 4.69) is 61.5 Å². The summed E-state index contributed by atoms with van der Waals surface area (Å²) >= 11 is 5.25. The molecule has 0 aromatic carbocycles. The van der Waals surface area contributed by atoms with Gasteiger partial charge in [0.1, 0.15) is 60.5 Å². The first-order chi connectivity index (χ1) is 58.1. The number of nitrogen functional groups attached to an aromatic ring is 2. The molecule has 4 aliphatic rings. The second kappa shape index (κ2) is 46.7. The zero-order valence-corrected chi connectivity index (χ0v) is 83.6. The highest BCUT2D eigenvalue weighted by Crippen LogP contribution is 2.56. The molecule has 8 heterocycles. The van der Waals surface area contributed by atoms with Gasteiger partial charge in [-0.3, -0.25) is 60.4 Å². The summed E-state index contributed by atoms with van der Waals surface area (Å²) in [4.78, 5) is 118. The number of hydrogen-bond donors (Lipinski definition) is 7. The zero-order chi connectivity index (χ0) is 96.6. The number of phosphoric acid groups is 2. The minimum atomic E-state index is -4.53. The normalized spacial score (nSPS) is 25.8. The van der Waals surface area contributed by atoms with E-state index in [9.17, 15) is 52.6 Å². The topological polar surface area (TPSA) is 502 Å². The maximum absolute atomic E-state index is 12.9. The summed E-state index contributed by atoms with van der Waals surface area (Å²) in [7, 11) is -2.83. The second-order valence-electron chi connectivity index (χ2n) is 40.0. The molecular formula is C83H147N10O30P3S. The van der Waals surface area contributed by atoms with E-state index in [1.165, 1.54) is 51.1 Å². The maximum atomic E-state index is 12.9. The molecule has 8 rings (SSSR count). The van der Waals surface area contributed by atoms with Gasteiger partial charge in [-0.25, -0.2) is 28.3 Å². The van der Waals surface area contributed by atoms with Crippen LogP contribution in [0.4, 0.5) is 11.6 Å². The Hall–Kier alpha value is -5.05. The van der Waals surface area contributed by atoms with Crippen LogP contribution in [0, 0.1) is 49.4 Å². The summed E-state index contributed by atoms with van der Waals surface area (Å²) in [5, 5.41) is 0. The second-order valence-corrected chi connectivity index (χ2v) is 45.4. The molecule has 0 radical (unpaired) electrons. The number of H-pyrrole nitrogens is 2. The van der Waals surface area contributed by atoms with E-state index in [1.54, 1.807) is 104 Å². The van der Waals surface area contributed by atoms with E-state index in [0.717, 1.165) is 6.42 Å².